The van der Waals surface area contributed by atoms with Crippen LogP contribution in [0, 0.1) is 5.92 Å². The first-order valence-electron chi connectivity index (χ1n) is 11.0. The molecule has 9 heteroatoms. The monoisotopic (exact) mass is 435 g/mol. The first-order chi connectivity index (χ1) is 14.3. The summed E-state index contributed by atoms with van der Waals surface area (Å²) < 4.78 is 27.4. The minimum Gasteiger partial charge on any atom is -0.310 e. The zero-order valence-electron chi connectivity index (χ0n) is 18.0. The van der Waals surface area contributed by atoms with Gasteiger partial charge in [-0.05, 0) is 44.6 Å². The SMILES string of the molecule is CN(C)S(=O)(=O)N1CCc2nc([C@@H]3CCCN(C[C@@H]4CC=CCC4)C3)[nH]c(=O)c2C1. The quantitative estimate of drug-likeness (QED) is 0.708. The van der Waals surface area contributed by atoms with Gasteiger partial charge in [0, 0.05) is 52.6 Å². The van der Waals surface area contributed by atoms with Gasteiger partial charge in [-0.1, -0.05) is 12.2 Å². The number of H-pyrrole nitrogens is 1. The van der Waals surface area contributed by atoms with Gasteiger partial charge in [-0.2, -0.15) is 17.0 Å². The number of nitrogens with zero attached hydrogens (tertiary/aromatic N) is 4. The van der Waals surface area contributed by atoms with E-state index in [1.807, 2.05) is 0 Å². The van der Waals surface area contributed by atoms with Crippen LogP contribution in [0.5, 0.6) is 0 Å². The Morgan fingerprint density at radius 3 is 2.80 bits per heavy atom. The maximum Gasteiger partial charge on any atom is 0.281 e. The zero-order chi connectivity index (χ0) is 21.3. The van der Waals surface area contributed by atoms with Crippen molar-refractivity contribution in [1.29, 1.82) is 0 Å². The molecule has 3 aliphatic rings. The van der Waals surface area contributed by atoms with Crippen molar-refractivity contribution in [3.05, 3.63) is 39.6 Å². The number of fused-ring (bicyclic) bond motifs is 1. The van der Waals surface area contributed by atoms with Gasteiger partial charge in [-0.25, -0.2) is 4.98 Å². The Labute approximate surface area is 179 Å². The van der Waals surface area contributed by atoms with Crippen LogP contribution in [0.1, 0.15) is 55.1 Å². The van der Waals surface area contributed by atoms with Crippen LogP contribution in [0.3, 0.4) is 0 Å². The molecule has 30 heavy (non-hydrogen) atoms. The third-order valence-electron chi connectivity index (χ3n) is 6.63. The van der Waals surface area contributed by atoms with Gasteiger partial charge in [0.1, 0.15) is 5.82 Å². The van der Waals surface area contributed by atoms with Gasteiger partial charge in [-0.3, -0.25) is 4.79 Å². The highest BCUT2D eigenvalue weighted by Crippen LogP contribution is 2.28. The standard InChI is InChI=1S/C21H33N5O3S/c1-24(2)30(28,29)26-12-10-19-18(15-26)21(27)23-20(22-19)17-9-6-11-25(14-17)13-16-7-4-3-5-8-16/h3-4,16-17H,5-15H2,1-2H3,(H,22,23,27)/t16-,17-/m1/s1. The molecule has 0 radical (unpaired) electrons. The summed E-state index contributed by atoms with van der Waals surface area (Å²) in [5.74, 6) is 1.74. The van der Waals surface area contributed by atoms with Gasteiger partial charge in [0.2, 0.25) is 0 Å². The van der Waals surface area contributed by atoms with Crippen LogP contribution in [0.4, 0.5) is 0 Å². The number of aromatic amines is 1. The Morgan fingerprint density at radius 1 is 1.23 bits per heavy atom. The molecule has 1 aromatic rings. The Morgan fingerprint density at radius 2 is 2.07 bits per heavy atom. The molecule has 0 amide bonds. The lowest BCUT2D eigenvalue weighted by Crippen LogP contribution is -2.45. The maximum absolute atomic E-state index is 12.8. The van der Waals surface area contributed by atoms with E-state index in [9.17, 15) is 13.2 Å². The summed E-state index contributed by atoms with van der Waals surface area (Å²) in [6, 6.07) is 0. The summed E-state index contributed by atoms with van der Waals surface area (Å²) in [6.45, 7) is 3.61. The summed E-state index contributed by atoms with van der Waals surface area (Å²) >= 11 is 0. The summed E-state index contributed by atoms with van der Waals surface area (Å²) in [7, 11) is -0.519. The van der Waals surface area contributed by atoms with Gasteiger partial charge in [0.25, 0.3) is 15.8 Å². The summed E-state index contributed by atoms with van der Waals surface area (Å²) in [5.41, 5.74) is 1.05. The average molecular weight is 436 g/mol. The third kappa shape index (κ3) is 4.54. The molecule has 8 nitrogen and oxygen atoms in total. The Balaban J connectivity index is 1.48. The van der Waals surface area contributed by atoms with Gasteiger partial charge < -0.3 is 9.88 Å². The van der Waals surface area contributed by atoms with E-state index in [-0.39, 0.29) is 18.0 Å². The molecular formula is C21H33N5O3S. The minimum atomic E-state index is -3.54. The van der Waals surface area contributed by atoms with E-state index in [4.69, 9.17) is 4.98 Å². The molecule has 0 unspecified atom stereocenters. The van der Waals surface area contributed by atoms with Crippen LogP contribution in [0.2, 0.25) is 0 Å². The fraction of sp³-hybridized carbons (Fsp3) is 0.714. The summed E-state index contributed by atoms with van der Waals surface area (Å²) in [4.78, 5) is 23.1. The smallest absolute Gasteiger partial charge is 0.281 e. The molecule has 1 saturated heterocycles. The van der Waals surface area contributed by atoms with Gasteiger partial charge in [0.15, 0.2) is 0 Å². The highest BCUT2D eigenvalue weighted by molar-refractivity contribution is 7.86. The predicted molar refractivity (Wildman–Crippen MR) is 116 cm³/mol. The average Bonchev–Trinajstić information content (AvgIpc) is 2.74. The molecule has 2 atom stereocenters. The second-order valence-corrected chi connectivity index (χ2v) is 11.1. The first-order valence-corrected chi connectivity index (χ1v) is 12.4. The van der Waals surface area contributed by atoms with Crippen molar-refractivity contribution in [2.75, 3.05) is 40.3 Å². The van der Waals surface area contributed by atoms with Crippen molar-refractivity contribution >= 4 is 10.2 Å². The maximum atomic E-state index is 12.8. The number of hydrogen-bond acceptors (Lipinski definition) is 5. The molecule has 2 aliphatic heterocycles. The van der Waals surface area contributed by atoms with Gasteiger partial charge in [-0.15, -0.1) is 0 Å². The lowest BCUT2D eigenvalue weighted by molar-refractivity contribution is 0.171. The van der Waals surface area contributed by atoms with Crippen LogP contribution >= 0.6 is 0 Å². The molecule has 1 aromatic heterocycles. The van der Waals surface area contributed by atoms with Crippen LogP contribution in [0.15, 0.2) is 16.9 Å². The van der Waals surface area contributed by atoms with Gasteiger partial charge in [0.05, 0.1) is 11.3 Å². The fourth-order valence-electron chi connectivity index (χ4n) is 4.87. The molecule has 0 spiro atoms. The zero-order valence-corrected chi connectivity index (χ0v) is 18.8. The number of allylic oxidation sites excluding steroid dienone is 2. The van der Waals surface area contributed by atoms with Crippen molar-refractivity contribution in [1.82, 2.24) is 23.5 Å². The van der Waals surface area contributed by atoms with Crippen molar-refractivity contribution < 1.29 is 8.42 Å². The van der Waals surface area contributed by atoms with E-state index in [1.165, 1.54) is 42.0 Å². The predicted octanol–water partition coefficient (Wildman–Crippen LogP) is 1.47. The minimum absolute atomic E-state index is 0.0877. The molecule has 0 aromatic carbocycles. The molecular weight excluding hydrogens is 402 g/mol. The summed E-state index contributed by atoms with van der Waals surface area (Å²) in [5, 5.41) is 0. The molecule has 0 bridgehead atoms. The molecule has 166 valence electrons. The Hall–Kier alpha value is -1.55. The molecule has 0 saturated carbocycles. The third-order valence-corrected chi connectivity index (χ3v) is 8.51. The highest BCUT2D eigenvalue weighted by atomic mass is 32.2. The number of hydrogen-bond donors (Lipinski definition) is 1. The normalized spacial score (nSPS) is 26.1. The van der Waals surface area contributed by atoms with E-state index in [0.29, 0.717) is 18.5 Å². The Kier molecular flexibility index (Phi) is 6.43. The van der Waals surface area contributed by atoms with E-state index in [1.54, 1.807) is 0 Å². The van der Waals surface area contributed by atoms with Crippen molar-refractivity contribution in [2.45, 2.75) is 51.0 Å². The molecule has 1 N–H and O–H groups in total. The molecule has 1 aliphatic carbocycles. The largest absolute Gasteiger partial charge is 0.310 e. The lowest BCUT2D eigenvalue weighted by atomic mass is 9.91. The fourth-order valence-corrected chi connectivity index (χ4v) is 5.95. The summed E-state index contributed by atoms with van der Waals surface area (Å²) in [6.07, 6.45) is 10.8. The Bertz CT molecular complexity index is 956. The van der Waals surface area contributed by atoms with Crippen LogP contribution < -0.4 is 5.56 Å². The first kappa shape index (κ1) is 21.7. The second-order valence-electron chi connectivity index (χ2n) is 9.00. The molecule has 1 fully saturated rings. The van der Waals surface area contributed by atoms with Crippen LogP contribution in [-0.4, -0.2) is 72.2 Å². The lowest BCUT2D eigenvalue weighted by Gasteiger charge is -2.35. The number of aromatic nitrogens is 2. The number of rotatable bonds is 5. The van der Waals surface area contributed by atoms with Crippen molar-refractivity contribution in [3.8, 4) is 0 Å². The molecule has 3 heterocycles. The number of nitrogens with one attached hydrogen (secondary N) is 1. The highest BCUT2D eigenvalue weighted by Gasteiger charge is 2.32. The van der Waals surface area contributed by atoms with Gasteiger partial charge >= 0.3 is 0 Å². The number of piperidine rings is 1. The van der Waals surface area contributed by atoms with E-state index >= 15 is 0 Å². The van der Waals surface area contributed by atoms with E-state index in [0.717, 1.165) is 49.9 Å². The van der Waals surface area contributed by atoms with E-state index < -0.39 is 10.2 Å². The van der Waals surface area contributed by atoms with Crippen molar-refractivity contribution in [3.63, 3.8) is 0 Å². The number of likely N-dealkylation sites (tertiary alicyclic amines) is 1. The molecule has 4 rings (SSSR count). The van der Waals surface area contributed by atoms with Crippen LogP contribution in [-0.2, 0) is 23.2 Å². The topological polar surface area (TPSA) is 89.6 Å². The van der Waals surface area contributed by atoms with Crippen molar-refractivity contribution in [2.24, 2.45) is 5.92 Å². The van der Waals surface area contributed by atoms with Crippen LogP contribution in [0.25, 0.3) is 0 Å². The van der Waals surface area contributed by atoms with E-state index in [2.05, 4.69) is 22.0 Å². The second kappa shape index (κ2) is 8.90.